The first-order chi connectivity index (χ1) is 9.63. The third-order valence-corrected chi connectivity index (χ3v) is 3.70. The van der Waals surface area contributed by atoms with Crippen molar-refractivity contribution in [2.24, 2.45) is 5.92 Å². The van der Waals surface area contributed by atoms with Crippen LogP contribution in [0.25, 0.3) is 0 Å². The monoisotopic (exact) mass is 281 g/mol. The first kappa shape index (κ1) is 14.9. The summed E-state index contributed by atoms with van der Waals surface area (Å²) in [6, 6.07) is 4.27. The van der Waals surface area contributed by atoms with Gasteiger partial charge in [-0.3, -0.25) is 9.69 Å². The van der Waals surface area contributed by atoms with Gasteiger partial charge in [0.2, 0.25) is 0 Å². The number of hydrogen-bond acceptors (Lipinski definition) is 4. The zero-order chi connectivity index (χ0) is 14.5. The minimum absolute atomic E-state index is 0.106. The summed E-state index contributed by atoms with van der Waals surface area (Å²) in [6.07, 6.45) is 1.98. The number of ether oxygens (including phenoxy) is 1. The maximum absolute atomic E-state index is 13.6. The Bertz CT molecular complexity index is 478. The third kappa shape index (κ3) is 3.55. The molecule has 2 rings (SSSR count). The lowest BCUT2D eigenvalue weighted by Gasteiger charge is -2.31. The van der Waals surface area contributed by atoms with Crippen molar-refractivity contribution in [1.82, 2.24) is 4.90 Å². The SMILES string of the molecule is COc1ccc(C(=O)CN2CCCC(CO)C2)cc1F. The number of hydrogen-bond donors (Lipinski definition) is 1. The number of piperidine rings is 1. The zero-order valence-electron chi connectivity index (χ0n) is 11.6. The first-order valence-corrected chi connectivity index (χ1v) is 6.84. The first-order valence-electron chi connectivity index (χ1n) is 6.84. The summed E-state index contributed by atoms with van der Waals surface area (Å²) in [5, 5.41) is 9.18. The lowest BCUT2D eigenvalue weighted by Crippen LogP contribution is -2.39. The van der Waals surface area contributed by atoms with Crippen molar-refractivity contribution in [3.05, 3.63) is 29.6 Å². The van der Waals surface area contributed by atoms with E-state index in [-0.39, 0.29) is 30.6 Å². The van der Waals surface area contributed by atoms with Crippen LogP contribution < -0.4 is 4.74 Å². The lowest BCUT2D eigenvalue weighted by molar-refractivity contribution is 0.0833. The number of rotatable bonds is 5. The van der Waals surface area contributed by atoms with Crippen LogP contribution in [0.4, 0.5) is 4.39 Å². The molecule has 5 heteroatoms. The van der Waals surface area contributed by atoms with Crippen molar-refractivity contribution < 1.29 is 19.0 Å². The summed E-state index contributed by atoms with van der Waals surface area (Å²) in [4.78, 5) is 14.2. The quantitative estimate of drug-likeness (QED) is 0.835. The Hall–Kier alpha value is -1.46. The summed E-state index contributed by atoms with van der Waals surface area (Å²) in [6.45, 7) is 1.99. The van der Waals surface area contributed by atoms with E-state index < -0.39 is 5.82 Å². The van der Waals surface area contributed by atoms with Crippen molar-refractivity contribution in [2.75, 3.05) is 33.4 Å². The van der Waals surface area contributed by atoms with Crippen LogP contribution in [0.15, 0.2) is 18.2 Å². The van der Waals surface area contributed by atoms with Gasteiger partial charge < -0.3 is 9.84 Å². The van der Waals surface area contributed by atoms with E-state index in [0.29, 0.717) is 5.56 Å². The predicted molar refractivity (Wildman–Crippen MR) is 73.5 cm³/mol. The second-order valence-corrected chi connectivity index (χ2v) is 5.20. The Labute approximate surface area is 118 Å². The highest BCUT2D eigenvalue weighted by molar-refractivity contribution is 5.97. The van der Waals surface area contributed by atoms with Crippen LogP contribution in [0, 0.1) is 11.7 Å². The van der Waals surface area contributed by atoms with Crippen LogP contribution in [0.3, 0.4) is 0 Å². The molecule has 0 aromatic heterocycles. The Morgan fingerprint density at radius 3 is 3.00 bits per heavy atom. The molecule has 1 atom stereocenters. The molecule has 1 fully saturated rings. The number of likely N-dealkylation sites (tertiary alicyclic amines) is 1. The van der Waals surface area contributed by atoms with Gasteiger partial charge in [0.25, 0.3) is 0 Å². The maximum Gasteiger partial charge on any atom is 0.176 e. The van der Waals surface area contributed by atoms with Crippen molar-refractivity contribution in [3.63, 3.8) is 0 Å². The molecular formula is C15H20FNO3. The molecule has 1 aliphatic rings. The molecule has 20 heavy (non-hydrogen) atoms. The number of methoxy groups -OCH3 is 1. The van der Waals surface area contributed by atoms with Gasteiger partial charge in [0.1, 0.15) is 0 Å². The minimum Gasteiger partial charge on any atom is -0.494 e. The molecule has 1 heterocycles. The highest BCUT2D eigenvalue weighted by Crippen LogP contribution is 2.19. The summed E-state index contributed by atoms with van der Waals surface area (Å²) >= 11 is 0. The van der Waals surface area contributed by atoms with Gasteiger partial charge >= 0.3 is 0 Å². The summed E-state index contributed by atoms with van der Waals surface area (Å²) in [5.41, 5.74) is 0.356. The molecule has 0 amide bonds. The molecule has 1 saturated heterocycles. The van der Waals surface area contributed by atoms with Gasteiger partial charge in [-0.05, 0) is 43.5 Å². The fourth-order valence-electron chi connectivity index (χ4n) is 2.58. The number of benzene rings is 1. The van der Waals surface area contributed by atoms with E-state index in [1.807, 2.05) is 4.90 Å². The number of Topliss-reactive ketones (excluding diaryl/α,β-unsaturated/α-hetero) is 1. The number of carbonyl (C=O) groups excluding carboxylic acids is 1. The van der Waals surface area contributed by atoms with Gasteiger partial charge in [0.15, 0.2) is 17.3 Å². The normalized spacial score (nSPS) is 19.9. The topological polar surface area (TPSA) is 49.8 Å². The second kappa shape index (κ2) is 6.81. The Morgan fingerprint density at radius 1 is 1.55 bits per heavy atom. The van der Waals surface area contributed by atoms with Crippen molar-refractivity contribution >= 4 is 5.78 Å². The molecule has 0 bridgehead atoms. The minimum atomic E-state index is -0.523. The molecule has 1 unspecified atom stereocenters. The van der Waals surface area contributed by atoms with Gasteiger partial charge in [0.05, 0.1) is 13.7 Å². The molecule has 1 N–H and O–H groups in total. The third-order valence-electron chi connectivity index (χ3n) is 3.70. The van der Waals surface area contributed by atoms with E-state index in [1.54, 1.807) is 6.07 Å². The molecule has 1 aliphatic heterocycles. The number of nitrogens with zero attached hydrogens (tertiary/aromatic N) is 1. The number of carbonyl (C=O) groups is 1. The Kier molecular flexibility index (Phi) is 5.09. The highest BCUT2D eigenvalue weighted by Gasteiger charge is 2.21. The van der Waals surface area contributed by atoms with Crippen LogP contribution in [0.5, 0.6) is 5.75 Å². The lowest BCUT2D eigenvalue weighted by atomic mass is 9.98. The van der Waals surface area contributed by atoms with E-state index >= 15 is 0 Å². The summed E-state index contributed by atoms with van der Waals surface area (Å²) in [5.74, 6) is -0.251. The fourth-order valence-corrected chi connectivity index (χ4v) is 2.58. The largest absolute Gasteiger partial charge is 0.494 e. The molecule has 1 aromatic carbocycles. The van der Waals surface area contributed by atoms with Crippen molar-refractivity contribution in [2.45, 2.75) is 12.8 Å². The van der Waals surface area contributed by atoms with Crippen LogP contribution in [-0.2, 0) is 0 Å². The zero-order valence-corrected chi connectivity index (χ0v) is 11.6. The van der Waals surface area contributed by atoms with Gasteiger partial charge in [-0.2, -0.15) is 0 Å². The van der Waals surface area contributed by atoms with Crippen LogP contribution >= 0.6 is 0 Å². The molecule has 0 spiro atoms. The van der Waals surface area contributed by atoms with E-state index in [4.69, 9.17) is 4.74 Å². The molecule has 4 nitrogen and oxygen atoms in total. The van der Waals surface area contributed by atoms with Crippen LogP contribution in [0.1, 0.15) is 23.2 Å². The number of halogens is 1. The average Bonchev–Trinajstić information content (AvgIpc) is 2.47. The molecule has 110 valence electrons. The maximum atomic E-state index is 13.6. The van der Waals surface area contributed by atoms with Gasteiger partial charge in [-0.15, -0.1) is 0 Å². The molecule has 0 radical (unpaired) electrons. The predicted octanol–water partition coefficient (Wildman–Crippen LogP) is 1.72. The fraction of sp³-hybridized carbons (Fsp3) is 0.533. The summed E-state index contributed by atoms with van der Waals surface area (Å²) < 4.78 is 18.4. The molecule has 0 saturated carbocycles. The number of aliphatic hydroxyl groups is 1. The van der Waals surface area contributed by atoms with Crippen LogP contribution in [0.2, 0.25) is 0 Å². The Morgan fingerprint density at radius 2 is 2.35 bits per heavy atom. The van der Waals surface area contributed by atoms with Gasteiger partial charge in [0, 0.05) is 18.7 Å². The highest BCUT2D eigenvalue weighted by atomic mass is 19.1. The van der Waals surface area contributed by atoms with E-state index in [0.717, 1.165) is 25.9 Å². The molecule has 0 aliphatic carbocycles. The van der Waals surface area contributed by atoms with E-state index in [9.17, 15) is 14.3 Å². The smallest absolute Gasteiger partial charge is 0.176 e. The van der Waals surface area contributed by atoms with E-state index in [2.05, 4.69) is 0 Å². The molecular weight excluding hydrogens is 261 g/mol. The van der Waals surface area contributed by atoms with Crippen molar-refractivity contribution in [1.29, 1.82) is 0 Å². The van der Waals surface area contributed by atoms with Gasteiger partial charge in [-0.25, -0.2) is 4.39 Å². The van der Waals surface area contributed by atoms with E-state index in [1.165, 1.54) is 19.2 Å². The Balaban J connectivity index is 1.99. The standard InChI is InChI=1S/C15H20FNO3/c1-20-15-5-4-12(7-13(15)16)14(19)9-17-6-2-3-11(8-17)10-18/h4-5,7,11,18H,2-3,6,8-10H2,1H3. The number of ketones is 1. The second-order valence-electron chi connectivity index (χ2n) is 5.20. The average molecular weight is 281 g/mol. The van der Waals surface area contributed by atoms with Crippen LogP contribution in [-0.4, -0.2) is 49.1 Å². The van der Waals surface area contributed by atoms with Gasteiger partial charge in [-0.1, -0.05) is 0 Å². The molecule has 1 aromatic rings. The summed E-state index contributed by atoms with van der Waals surface area (Å²) in [7, 11) is 1.39. The van der Waals surface area contributed by atoms with Crippen molar-refractivity contribution in [3.8, 4) is 5.75 Å². The number of aliphatic hydroxyl groups excluding tert-OH is 1.